The van der Waals surface area contributed by atoms with Crippen LogP contribution in [0.15, 0.2) is 43.2 Å². The Morgan fingerprint density at radius 2 is 2.39 bits per heavy atom. The van der Waals surface area contributed by atoms with Gasteiger partial charge in [-0.1, -0.05) is 12.1 Å². The monoisotopic (exact) mass is 241 g/mol. The number of amides is 1. The fourth-order valence-corrected chi connectivity index (χ4v) is 2.37. The molecule has 1 amide bonds. The lowest BCUT2D eigenvalue weighted by atomic mass is 10.1. The summed E-state index contributed by atoms with van der Waals surface area (Å²) in [6.07, 6.45) is 6.38. The molecular weight excluding hydrogens is 226 g/mol. The molecule has 92 valence electrons. The van der Waals surface area contributed by atoms with Crippen LogP contribution in [0.25, 0.3) is 5.65 Å². The van der Waals surface area contributed by atoms with Gasteiger partial charge in [0.15, 0.2) is 0 Å². The molecule has 0 radical (unpaired) electrons. The summed E-state index contributed by atoms with van der Waals surface area (Å²) in [5.41, 5.74) is 1.85. The second kappa shape index (κ2) is 4.29. The Kier molecular flexibility index (Phi) is 2.63. The molecule has 0 spiro atoms. The smallest absolute Gasteiger partial charge is 0.223 e. The van der Waals surface area contributed by atoms with E-state index in [-0.39, 0.29) is 11.8 Å². The van der Waals surface area contributed by atoms with Crippen LogP contribution in [0, 0.1) is 5.92 Å². The number of aromatic nitrogens is 2. The number of nitrogens with zero attached hydrogens (tertiary/aromatic N) is 3. The van der Waals surface area contributed by atoms with Crippen LogP contribution in [0.2, 0.25) is 0 Å². The summed E-state index contributed by atoms with van der Waals surface area (Å²) < 4.78 is 1.97. The summed E-state index contributed by atoms with van der Waals surface area (Å²) in [5, 5.41) is 0. The van der Waals surface area contributed by atoms with Crippen LogP contribution in [0.1, 0.15) is 12.1 Å². The van der Waals surface area contributed by atoms with E-state index in [1.807, 2.05) is 46.0 Å². The Hall–Kier alpha value is -2.10. The van der Waals surface area contributed by atoms with Gasteiger partial charge in [-0.3, -0.25) is 4.79 Å². The largest absolute Gasteiger partial charge is 0.336 e. The molecule has 1 aliphatic heterocycles. The van der Waals surface area contributed by atoms with Crippen LogP contribution >= 0.6 is 0 Å². The van der Waals surface area contributed by atoms with Crippen LogP contribution in [-0.2, 0) is 11.3 Å². The van der Waals surface area contributed by atoms with Gasteiger partial charge < -0.3 is 9.30 Å². The van der Waals surface area contributed by atoms with Gasteiger partial charge in [-0.05, 0) is 12.1 Å². The van der Waals surface area contributed by atoms with Crippen LogP contribution < -0.4 is 0 Å². The third-order valence-electron chi connectivity index (χ3n) is 3.34. The van der Waals surface area contributed by atoms with E-state index < -0.39 is 0 Å². The van der Waals surface area contributed by atoms with Crippen LogP contribution in [0.5, 0.6) is 0 Å². The zero-order chi connectivity index (χ0) is 12.5. The minimum atomic E-state index is 0.192. The molecule has 4 nitrogen and oxygen atoms in total. The number of fused-ring (bicyclic) bond motifs is 1. The van der Waals surface area contributed by atoms with E-state index >= 15 is 0 Å². The first kappa shape index (κ1) is 11.0. The molecule has 0 aromatic carbocycles. The highest BCUT2D eigenvalue weighted by Gasteiger charge is 2.27. The number of pyridine rings is 1. The Morgan fingerprint density at radius 3 is 3.11 bits per heavy atom. The summed E-state index contributed by atoms with van der Waals surface area (Å²) in [5.74, 6) is 0.478. The van der Waals surface area contributed by atoms with Gasteiger partial charge >= 0.3 is 0 Å². The van der Waals surface area contributed by atoms with Crippen LogP contribution in [0.3, 0.4) is 0 Å². The molecule has 1 fully saturated rings. The van der Waals surface area contributed by atoms with Crippen molar-refractivity contribution in [3.8, 4) is 0 Å². The maximum absolute atomic E-state index is 11.8. The van der Waals surface area contributed by atoms with E-state index in [4.69, 9.17) is 0 Å². The molecular formula is C14H15N3O. The first-order valence-corrected chi connectivity index (χ1v) is 6.09. The lowest BCUT2D eigenvalue weighted by Crippen LogP contribution is -2.24. The number of carbonyl (C=O) groups is 1. The summed E-state index contributed by atoms with van der Waals surface area (Å²) in [6.45, 7) is 5.10. The highest BCUT2D eigenvalue weighted by molar-refractivity contribution is 5.78. The number of rotatable bonds is 3. The van der Waals surface area contributed by atoms with Gasteiger partial charge in [0.2, 0.25) is 5.91 Å². The molecule has 0 aliphatic carbocycles. The van der Waals surface area contributed by atoms with Crippen molar-refractivity contribution in [2.75, 3.05) is 6.54 Å². The van der Waals surface area contributed by atoms with Crippen molar-refractivity contribution in [3.63, 3.8) is 0 Å². The topological polar surface area (TPSA) is 37.6 Å². The molecule has 0 N–H and O–H groups in total. The van der Waals surface area contributed by atoms with E-state index in [9.17, 15) is 4.79 Å². The van der Waals surface area contributed by atoms with Gasteiger partial charge in [-0.15, -0.1) is 6.58 Å². The fraction of sp³-hybridized carbons (Fsp3) is 0.286. The van der Waals surface area contributed by atoms with Gasteiger partial charge in [0, 0.05) is 31.3 Å². The predicted molar refractivity (Wildman–Crippen MR) is 68.9 cm³/mol. The van der Waals surface area contributed by atoms with Crippen molar-refractivity contribution in [1.29, 1.82) is 0 Å². The quantitative estimate of drug-likeness (QED) is 0.769. The van der Waals surface area contributed by atoms with Gasteiger partial charge in [-0.2, -0.15) is 0 Å². The Bertz CT molecular complexity index is 569. The number of hydrogen-bond donors (Lipinski definition) is 0. The van der Waals surface area contributed by atoms with Crippen molar-refractivity contribution < 1.29 is 4.79 Å². The molecule has 4 heteroatoms. The number of imidazole rings is 1. The Morgan fingerprint density at radius 1 is 1.50 bits per heavy atom. The number of hydrogen-bond acceptors (Lipinski definition) is 2. The van der Waals surface area contributed by atoms with Crippen molar-refractivity contribution in [3.05, 3.63) is 48.9 Å². The van der Waals surface area contributed by atoms with E-state index in [2.05, 4.69) is 11.6 Å². The Labute approximate surface area is 106 Å². The highest BCUT2D eigenvalue weighted by atomic mass is 16.2. The molecule has 1 unspecified atom stereocenters. The average molecular weight is 241 g/mol. The molecule has 0 bridgehead atoms. The summed E-state index contributed by atoms with van der Waals surface area (Å²) in [6, 6.07) is 5.88. The number of likely N-dealkylation sites (tertiary alicyclic amines) is 1. The molecule has 18 heavy (non-hydrogen) atoms. The zero-order valence-electron chi connectivity index (χ0n) is 10.1. The zero-order valence-corrected chi connectivity index (χ0v) is 10.1. The standard InChI is InChI=1S/C14H15N3O/c1-2-11-7-14(18)17(8-11)10-12-9-16-6-4-3-5-13(16)15-12/h2-6,9,11H,1,7-8,10H2. The molecule has 1 saturated heterocycles. The fourth-order valence-electron chi connectivity index (χ4n) is 2.37. The second-order valence-corrected chi connectivity index (χ2v) is 4.67. The van der Waals surface area contributed by atoms with Crippen molar-refractivity contribution in [2.24, 2.45) is 5.92 Å². The lowest BCUT2D eigenvalue weighted by molar-refractivity contribution is -0.128. The van der Waals surface area contributed by atoms with Crippen molar-refractivity contribution >= 4 is 11.6 Å². The van der Waals surface area contributed by atoms with Crippen molar-refractivity contribution in [1.82, 2.24) is 14.3 Å². The molecule has 2 aromatic heterocycles. The summed E-state index contributed by atoms with van der Waals surface area (Å²) >= 11 is 0. The minimum Gasteiger partial charge on any atom is -0.336 e. The first-order chi connectivity index (χ1) is 8.76. The molecule has 1 atom stereocenters. The third kappa shape index (κ3) is 1.90. The molecule has 0 saturated carbocycles. The van der Waals surface area contributed by atoms with Crippen molar-refractivity contribution in [2.45, 2.75) is 13.0 Å². The number of carbonyl (C=O) groups excluding carboxylic acids is 1. The minimum absolute atomic E-state index is 0.192. The van der Waals surface area contributed by atoms with Gasteiger partial charge in [0.05, 0.1) is 12.2 Å². The van der Waals surface area contributed by atoms with Crippen LogP contribution in [-0.4, -0.2) is 26.7 Å². The van der Waals surface area contributed by atoms with Crippen LogP contribution in [0.4, 0.5) is 0 Å². The first-order valence-electron chi connectivity index (χ1n) is 6.09. The maximum atomic E-state index is 11.8. The SMILES string of the molecule is C=CC1CC(=O)N(Cc2cn3ccccc3n2)C1. The lowest BCUT2D eigenvalue weighted by Gasteiger charge is -2.13. The summed E-state index contributed by atoms with van der Waals surface area (Å²) in [7, 11) is 0. The van der Waals surface area contributed by atoms with E-state index in [1.165, 1.54) is 0 Å². The maximum Gasteiger partial charge on any atom is 0.223 e. The van der Waals surface area contributed by atoms with Gasteiger partial charge in [0.25, 0.3) is 0 Å². The summed E-state index contributed by atoms with van der Waals surface area (Å²) in [4.78, 5) is 18.2. The van der Waals surface area contributed by atoms with Gasteiger partial charge in [-0.25, -0.2) is 4.98 Å². The molecule has 3 heterocycles. The van der Waals surface area contributed by atoms with E-state index in [1.54, 1.807) is 0 Å². The normalized spacial score (nSPS) is 19.7. The average Bonchev–Trinajstić information content (AvgIpc) is 2.93. The third-order valence-corrected chi connectivity index (χ3v) is 3.34. The second-order valence-electron chi connectivity index (χ2n) is 4.67. The van der Waals surface area contributed by atoms with E-state index in [0.717, 1.165) is 17.9 Å². The van der Waals surface area contributed by atoms with E-state index in [0.29, 0.717) is 13.0 Å². The predicted octanol–water partition coefficient (Wildman–Crippen LogP) is 1.87. The molecule has 3 rings (SSSR count). The van der Waals surface area contributed by atoms with Gasteiger partial charge in [0.1, 0.15) is 5.65 Å². The molecule has 1 aliphatic rings. The highest BCUT2D eigenvalue weighted by Crippen LogP contribution is 2.20. The molecule has 2 aromatic rings. The Balaban J connectivity index is 1.80.